The average molecular weight is 1390 g/mol. The highest BCUT2D eigenvalue weighted by molar-refractivity contribution is 5.80. The minimum atomic E-state index is -2.05. The number of amides is 2. The van der Waals surface area contributed by atoms with Crippen molar-refractivity contribution in [2.75, 3.05) is 19.8 Å². The number of aliphatic hydroxyl groups is 14. The van der Waals surface area contributed by atoms with Gasteiger partial charge in [-0.25, -0.2) is 0 Å². The zero-order valence-corrected chi connectivity index (χ0v) is 57.9. The summed E-state index contributed by atoms with van der Waals surface area (Å²) in [6.45, 7) is 17.4. The van der Waals surface area contributed by atoms with E-state index in [4.69, 9.17) is 37.9 Å². The summed E-state index contributed by atoms with van der Waals surface area (Å²) in [5.41, 5.74) is -2.86. The van der Waals surface area contributed by atoms with Crippen LogP contribution in [0.5, 0.6) is 0 Å². The van der Waals surface area contributed by atoms with Crippen molar-refractivity contribution in [1.82, 2.24) is 10.6 Å². The molecule has 0 radical (unpaired) electrons. The predicted octanol–water partition coefficient (Wildman–Crippen LogP) is -0.626. The van der Waals surface area contributed by atoms with E-state index in [-0.39, 0.29) is 60.7 Å². The lowest BCUT2D eigenvalue weighted by atomic mass is 9.30. The third kappa shape index (κ3) is 14.6. The molecule has 8 fully saturated rings. The van der Waals surface area contributed by atoms with Crippen LogP contribution in [0.3, 0.4) is 0 Å². The van der Waals surface area contributed by atoms with Gasteiger partial charge in [0.25, 0.3) is 0 Å². The molecule has 4 saturated carbocycles. The van der Waals surface area contributed by atoms with Crippen LogP contribution in [0.2, 0.25) is 0 Å². The molecule has 0 aromatic rings. The smallest absolute Gasteiger partial charge is 0.317 e. The molecule has 556 valence electrons. The van der Waals surface area contributed by atoms with Crippen LogP contribution in [-0.4, -0.2) is 262 Å². The highest BCUT2D eigenvalue weighted by Crippen LogP contribution is 2.79. The van der Waals surface area contributed by atoms with Crippen LogP contribution in [0.25, 0.3) is 0 Å². The quantitative estimate of drug-likeness (QED) is 0.0291. The van der Waals surface area contributed by atoms with Crippen molar-refractivity contribution < 1.29 is 129 Å². The number of aldehydes is 1. The Bertz CT molecular complexity index is 2720. The number of hydrogen-bond donors (Lipinski definition) is 16. The molecule has 16 unspecified atom stereocenters. The molecule has 28 heteroatoms. The number of rotatable bonds is 26. The molecule has 28 nitrogen and oxygen atoms in total. The zero-order chi connectivity index (χ0) is 71.3. The molecule has 9 rings (SSSR count). The molecular formula is C69H114N2O26. The molecule has 2 amide bonds. The van der Waals surface area contributed by atoms with Crippen molar-refractivity contribution in [1.29, 1.82) is 0 Å². The summed E-state index contributed by atoms with van der Waals surface area (Å²) in [5.74, 6) is -3.31. The first kappa shape index (κ1) is 78.1. The summed E-state index contributed by atoms with van der Waals surface area (Å²) in [6, 6.07) is -2.36. The van der Waals surface area contributed by atoms with E-state index in [1.54, 1.807) is 0 Å². The number of allylic oxidation sites excluding steroid dienone is 2. The number of esters is 1. The molecule has 4 heterocycles. The first-order chi connectivity index (χ1) is 45.7. The van der Waals surface area contributed by atoms with E-state index in [9.17, 15) is 85.9 Å². The average Bonchev–Trinajstić information content (AvgIpc) is 0.690. The largest absolute Gasteiger partial charge is 0.432 e. The van der Waals surface area contributed by atoms with E-state index >= 15 is 4.79 Å². The van der Waals surface area contributed by atoms with Crippen molar-refractivity contribution >= 4 is 24.1 Å². The van der Waals surface area contributed by atoms with Crippen LogP contribution in [0, 0.1) is 62.6 Å². The van der Waals surface area contributed by atoms with Crippen molar-refractivity contribution in [2.45, 2.75) is 313 Å². The van der Waals surface area contributed by atoms with Crippen LogP contribution < -0.4 is 10.6 Å². The van der Waals surface area contributed by atoms with E-state index in [1.807, 2.05) is 34.6 Å². The second-order valence-corrected chi connectivity index (χ2v) is 31.1. The molecular weight excluding hydrogens is 1270 g/mol. The van der Waals surface area contributed by atoms with Crippen molar-refractivity contribution in [2.24, 2.45) is 62.6 Å². The third-order valence-electron chi connectivity index (χ3n) is 25.4. The number of carbonyl (C=O) groups excluding carboxylic acids is 4. The molecule has 1 spiro atoms. The van der Waals surface area contributed by atoms with Crippen LogP contribution in [-0.2, 0) is 57.1 Å². The Morgan fingerprint density at radius 3 is 1.96 bits per heavy atom. The summed E-state index contributed by atoms with van der Waals surface area (Å²) >= 11 is 0. The fourth-order valence-electron chi connectivity index (χ4n) is 19.1. The Morgan fingerprint density at radius 2 is 1.32 bits per heavy atom. The monoisotopic (exact) mass is 1390 g/mol. The van der Waals surface area contributed by atoms with Crippen LogP contribution in [0.4, 0.5) is 0 Å². The molecule has 0 aromatic heterocycles. The standard InChI is InChI=1S/C69H114N2O26/c1-11-32(5)39(70-48(80)24-36(76)22-41(33(6)12-2)92-62-56(87)52(83)43(28-73)94-62)21-35(75)23-49(81)71-50-42(27-72)93-63(59(53(50)84)96-61-57(88)54(85)58(34(7)91-61)95-60-55(86)51(82)40(77)29-90-60)97-64(89)69-19-14-31(4)20-37(69)38-25-68(67(38,10)26-47(69)79)18-15-45-65(8,44(68)13-3)17-16-46(78)66(45,9)30-74/h25,30-37,39-47,50-63,72-73,75-79,82-88H,11-24,26-29H2,1-10H3,(H,70,80)(H,71,81)/t31-,32+,33+,34-,35+,36+,37?,39+,40-,41+,42-,43+,44?,45-,46?,47-,50?,51?,52?,53?,54?,55?,56?,57?,58?,59?,60+,61+,62-,63+,65?,66?,67-,68-,69?/m1/s1. The molecule has 97 heavy (non-hydrogen) atoms. The van der Waals surface area contributed by atoms with Gasteiger partial charge in [-0.1, -0.05) is 93.2 Å². The summed E-state index contributed by atoms with van der Waals surface area (Å²) in [5, 5.41) is 161. The minimum Gasteiger partial charge on any atom is -0.432 e. The molecule has 35 atom stereocenters. The van der Waals surface area contributed by atoms with Crippen molar-refractivity contribution in [3.8, 4) is 0 Å². The lowest BCUT2D eigenvalue weighted by Crippen LogP contribution is -2.71. The van der Waals surface area contributed by atoms with E-state index in [0.717, 1.165) is 18.3 Å². The third-order valence-corrected chi connectivity index (χ3v) is 25.4. The molecule has 4 aliphatic heterocycles. The first-order valence-electron chi connectivity index (χ1n) is 35.6. The Kier molecular flexibility index (Phi) is 25.1. The number of fused-ring (bicyclic) bond motifs is 5. The number of aliphatic hydroxyl groups excluding tert-OH is 14. The van der Waals surface area contributed by atoms with E-state index in [0.29, 0.717) is 51.4 Å². The second kappa shape index (κ2) is 31.1. The van der Waals surface area contributed by atoms with E-state index in [2.05, 4.69) is 44.4 Å². The van der Waals surface area contributed by atoms with Gasteiger partial charge in [-0.15, -0.1) is 0 Å². The normalized spacial score (nSPS) is 46.9. The van der Waals surface area contributed by atoms with E-state index in [1.165, 1.54) is 6.92 Å². The zero-order valence-electron chi connectivity index (χ0n) is 57.9. The van der Waals surface area contributed by atoms with Gasteiger partial charge in [-0.05, 0) is 106 Å². The maximum Gasteiger partial charge on any atom is 0.317 e. The van der Waals surface area contributed by atoms with Gasteiger partial charge in [0.15, 0.2) is 25.0 Å². The molecule has 16 N–H and O–H groups in total. The number of ether oxygens (including phenoxy) is 8. The molecule has 9 aliphatic rings. The Morgan fingerprint density at radius 1 is 0.691 bits per heavy atom. The number of carbonyl (C=O) groups is 4. The van der Waals surface area contributed by atoms with Gasteiger partial charge in [-0.2, -0.15) is 0 Å². The van der Waals surface area contributed by atoms with Crippen molar-refractivity contribution in [3.63, 3.8) is 0 Å². The Balaban J connectivity index is 0.932. The maximum absolute atomic E-state index is 15.7. The fourth-order valence-corrected chi connectivity index (χ4v) is 19.1. The highest BCUT2D eigenvalue weighted by atomic mass is 16.8. The maximum atomic E-state index is 15.7. The van der Waals surface area contributed by atoms with Gasteiger partial charge >= 0.3 is 5.97 Å². The lowest BCUT2D eigenvalue weighted by molar-refractivity contribution is -0.370. The molecule has 0 bridgehead atoms. The van der Waals surface area contributed by atoms with Crippen molar-refractivity contribution in [3.05, 3.63) is 11.6 Å². The summed E-state index contributed by atoms with van der Waals surface area (Å²) in [4.78, 5) is 56.4. The lowest BCUT2D eigenvalue weighted by Gasteiger charge is -2.74. The number of nitrogens with one attached hydrogen (secondary N) is 2. The molecule has 0 aromatic carbocycles. The second-order valence-electron chi connectivity index (χ2n) is 31.1. The molecule has 4 saturated heterocycles. The predicted molar refractivity (Wildman–Crippen MR) is 340 cm³/mol. The summed E-state index contributed by atoms with van der Waals surface area (Å²) in [7, 11) is 0. The number of hydrogen-bond acceptors (Lipinski definition) is 26. The first-order valence-corrected chi connectivity index (χ1v) is 35.6. The van der Waals surface area contributed by atoms with Gasteiger partial charge in [0.05, 0.1) is 80.7 Å². The summed E-state index contributed by atoms with van der Waals surface area (Å²) < 4.78 is 48.0. The topological polar surface area (TPSA) is 449 Å². The van der Waals surface area contributed by atoms with Crippen LogP contribution >= 0.6 is 0 Å². The van der Waals surface area contributed by atoms with Gasteiger partial charge in [0, 0.05) is 23.3 Å². The Labute approximate surface area is 568 Å². The SMILES string of the molecule is CCC1C2(C)CCC(O)C(C)(C=O)[C@@H]2CC[C@@]12C=C1C3C[C@H](C)CCC3(C(=O)O[C@@H]3O[C@H](CO)C(NC(=O)C[C@@H](O)C[C@H](NC(=O)C[C@@H](O)C[C@H](O[C@@H]4O[C@@H](CO)C(O)C4O)[C@@H](C)CC)[C@@H](C)CC)C(O)C3O[C@@H]3O[C@H](C)C(O[C@@H]4OC[C@@H](O)C(O)C4O)C(O)C3O)[C@H](O)C[C@]12C. The minimum absolute atomic E-state index is 0.0582. The fraction of sp³-hybridized carbons (Fsp3) is 0.913. The van der Waals surface area contributed by atoms with Gasteiger partial charge < -0.3 is 125 Å². The van der Waals surface area contributed by atoms with Crippen LogP contribution in [0.15, 0.2) is 11.6 Å². The van der Waals surface area contributed by atoms with Gasteiger partial charge in [-0.3, -0.25) is 14.4 Å². The molecule has 5 aliphatic carbocycles. The highest BCUT2D eigenvalue weighted by Gasteiger charge is 2.75. The van der Waals surface area contributed by atoms with Gasteiger partial charge in [0.1, 0.15) is 78.8 Å². The Hall–Kier alpha value is -3.02. The summed E-state index contributed by atoms with van der Waals surface area (Å²) in [6.07, 6.45) is -25.5. The van der Waals surface area contributed by atoms with E-state index < -0.39 is 225 Å². The van der Waals surface area contributed by atoms with Crippen LogP contribution in [0.1, 0.15) is 166 Å². The van der Waals surface area contributed by atoms with Gasteiger partial charge in [0.2, 0.25) is 18.1 Å².